The van der Waals surface area contributed by atoms with E-state index in [9.17, 15) is 4.79 Å². The molecule has 3 heterocycles. The second-order valence-corrected chi connectivity index (χ2v) is 8.75. The highest BCUT2D eigenvalue weighted by atomic mass is 16.5. The van der Waals surface area contributed by atoms with Gasteiger partial charge in [0.05, 0.1) is 20.5 Å². The van der Waals surface area contributed by atoms with Crippen molar-refractivity contribution in [1.82, 2.24) is 4.90 Å². The van der Waals surface area contributed by atoms with Crippen LogP contribution in [0.5, 0.6) is 17.2 Å². The Hall–Kier alpha value is -3.51. The van der Waals surface area contributed by atoms with Crippen LogP contribution in [0.1, 0.15) is 34.5 Å². The summed E-state index contributed by atoms with van der Waals surface area (Å²) in [6.45, 7) is 2.09. The molecular weight excluding hydrogens is 418 g/mol. The topological polar surface area (TPSA) is 61.1 Å². The van der Waals surface area contributed by atoms with E-state index in [1.807, 2.05) is 18.2 Å². The molecule has 0 spiro atoms. The van der Waals surface area contributed by atoms with Gasteiger partial charge in [-0.15, -0.1) is 0 Å². The summed E-state index contributed by atoms with van der Waals surface area (Å²) in [5.41, 5.74) is 2.74. The smallest absolute Gasteiger partial charge is 0.379 e. The van der Waals surface area contributed by atoms with E-state index in [4.69, 9.17) is 18.6 Å². The van der Waals surface area contributed by atoms with Crippen LogP contribution in [0, 0.1) is 0 Å². The first-order valence-electron chi connectivity index (χ1n) is 11.3. The molecule has 1 saturated heterocycles. The minimum atomic E-state index is -0.512. The lowest BCUT2D eigenvalue weighted by Gasteiger charge is -2.33. The van der Waals surface area contributed by atoms with Gasteiger partial charge in [0.15, 0.2) is 11.5 Å². The van der Waals surface area contributed by atoms with E-state index in [0.29, 0.717) is 17.5 Å². The third-order valence-corrected chi connectivity index (χ3v) is 7.05. The minimum absolute atomic E-state index is 0.179. The number of ether oxygens (including phenoxy) is 3. The fourth-order valence-corrected chi connectivity index (χ4v) is 5.49. The summed E-state index contributed by atoms with van der Waals surface area (Å²) in [5.74, 6) is 1.55. The first-order chi connectivity index (χ1) is 16.2. The van der Waals surface area contributed by atoms with Gasteiger partial charge in [-0.25, -0.2) is 4.79 Å². The lowest BCUT2D eigenvalue weighted by molar-refractivity contribution is 0.0701. The molecule has 6 nitrogen and oxygen atoms in total. The number of benzene rings is 3. The lowest BCUT2D eigenvalue weighted by Crippen LogP contribution is -2.35. The highest BCUT2D eigenvalue weighted by Gasteiger charge is 2.32. The number of fused-ring (bicyclic) bond motifs is 7. The van der Waals surface area contributed by atoms with Crippen molar-refractivity contribution in [2.24, 2.45) is 0 Å². The van der Waals surface area contributed by atoms with Gasteiger partial charge in [-0.2, -0.15) is 0 Å². The predicted octanol–water partition coefficient (Wildman–Crippen LogP) is 5.34. The van der Waals surface area contributed by atoms with Crippen LogP contribution in [0.25, 0.3) is 21.5 Å². The fourth-order valence-electron chi connectivity index (χ4n) is 5.49. The van der Waals surface area contributed by atoms with E-state index in [0.717, 1.165) is 41.4 Å². The summed E-state index contributed by atoms with van der Waals surface area (Å²) in [6.07, 6.45) is 4.98. The third kappa shape index (κ3) is 3.25. The summed E-state index contributed by atoms with van der Waals surface area (Å²) in [5, 5.41) is 4.47. The molecule has 0 saturated carbocycles. The number of methoxy groups -OCH3 is 2. The first-order valence-corrected chi connectivity index (χ1v) is 11.3. The van der Waals surface area contributed by atoms with Crippen molar-refractivity contribution >= 4 is 27.5 Å². The maximum Gasteiger partial charge on any atom is 0.379 e. The molecule has 6 rings (SSSR count). The molecule has 0 N–H and O–H groups in total. The Morgan fingerprint density at radius 1 is 0.970 bits per heavy atom. The van der Waals surface area contributed by atoms with Crippen molar-refractivity contribution in [2.45, 2.75) is 31.8 Å². The van der Waals surface area contributed by atoms with Gasteiger partial charge in [0.2, 0.25) is 5.76 Å². The monoisotopic (exact) mass is 443 g/mol. The number of hydrogen-bond acceptors (Lipinski definition) is 6. The second kappa shape index (κ2) is 7.81. The molecule has 0 amide bonds. The summed E-state index contributed by atoms with van der Waals surface area (Å²) in [4.78, 5) is 15.1. The Labute approximate surface area is 191 Å². The van der Waals surface area contributed by atoms with Crippen molar-refractivity contribution in [3.05, 3.63) is 65.6 Å². The molecular formula is C27H25NO5. The average Bonchev–Trinajstić information content (AvgIpc) is 3.54. The van der Waals surface area contributed by atoms with Crippen LogP contribution in [-0.2, 0) is 13.0 Å². The number of nitrogens with zero attached hydrogens (tertiary/aromatic N) is 1. The highest BCUT2D eigenvalue weighted by Crippen LogP contribution is 2.44. The number of hydrogen-bond donors (Lipinski definition) is 0. The Morgan fingerprint density at radius 3 is 2.52 bits per heavy atom. The van der Waals surface area contributed by atoms with Crippen LogP contribution in [-0.4, -0.2) is 37.7 Å². The molecule has 4 aromatic rings. The number of carbonyl (C=O) groups excluding carboxylic acids is 1. The van der Waals surface area contributed by atoms with Gasteiger partial charge < -0.3 is 18.6 Å². The lowest BCUT2D eigenvalue weighted by atomic mass is 9.85. The molecule has 6 heteroatoms. The summed E-state index contributed by atoms with van der Waals surface area (Å²) >= 11 is 0. The van der Waals surface area contributed by atoms with Gasteiger partial charge in [-0.3, -0.25) is 4.90 Å². The van der Waals surface area contributed by atoms with Crippen LogP contribution >= 0.6 is 0 Å². The van der Waals surface area contributed by atoms with E-state index >= 15 is 0 Å². The molecule has 0 radical (unpaired) electrons. The molecule has 2 aliphatic rings. The molecule has 33 heavy (non-hydrogen) atoms. The van der Waals surface area contributed by atoms with Crippen molar-refractivity contribution in [3.8, 4) is 17.2 Å². The van der Waals surface area contributed by atoms with Crippen LogP contribution in [0.3, 0.4) is 0 Å². The molecule has 0 bridgehead atoms. The Morgan fingerprint density at radius 2 is 1.76 bits per heavy atom. The zero-order valence-corrected chi connectivity index (χ0v) is 18.7. The van der Waals surface area contributed by atoms with Crippen LogP contribution in [0.4, 0.5) is 0 Å². The predicted molar refractivity (Wildman–Crippen MR) is 125 cm³/mol. The summed E-state index contributed by atoms with van der Waals surface area (Å²) in [7, 11) is 3.32. The van der Waals surface area contributed by atoms with E-state index in [-0.39, 0.29) is 5.76 Å². The van der Waals surface area contributed by atoms with Gasteiger partial charge in [0.25, 0.3) is 0 Å². The molecule has 1 aromatic heterocycles. The zero-order chi connectivity index (χ0) is 22.5. The largest absolute Gasteiger partial charge is 0.493 e. The number of esters is 1. The van der Waals surface area contributed by atoms with E-state index in [2.05, 4.69) is 17.0 Å². The van der Waals surface area contributed by atoms with Gasteiger partial charge in [-0.1, -0.05) is 6.07 Å². The molecule has 0 aliphatic carbocycles. The first kappa shape index (κ1) is 20.1. The number of rotatable bonds is 4. The van der Waals surface area contributed by atoms with E-state index in [1.54, 1.807) is 26.4 Å². The Balaban J connectivity index is 1.56. The highest BCUT2D eigenvalue weighted by molar-refractivity contribution is 6.12. The maximum atomic E-state index is 12.5. The SMILES string of the molecule is COc1cc2c3c(c4ccc(OC(=O)c5ccco5)cc4c2cc1OC)C[C@@H]1CCCN1C3. The normalized spacial score (nSPS) is 17.7. The average molecular weight is 443 g/mol. The van der Waals surface area contributed by atoms with Gasteiger partial charge in [0, 0.05) is 12.6 Å². The van der Waals surface area contributed by atoms with Crippen LogP contribution < -0.4 is 14.2 Å². The van der Waals surface area contributed by atoms with Crippen LogP contribution in [0.2, 0.25) is 0 Å². The third-order valence-electron chi connectivity index (χ3n) is 7.05. The summed E-state index contributed by atoms with van der Waals surface area (Å²) in [6, 6.07) is 13.9. The summed E-state index contributed by atoms with van der Waals surface area (Å²) < 4.78 is 22.1. The second-order valence-electron chi connectivity index (χ2n) is 8.75. The number of furan rings is 1. The van der Waals surface area contributed by atoms with Gasteiger partial charge in [0.1, 0.15) is 5.75 Å². The van der Waals surface area contributed by atoms with E-state index in [1.165, 1.54) is 35.6 Å². The van der Waals surface area contributed by atoms with Crippen molar-refractivity contribution in [3.63, 3.8) is 0 Å². The Bertz CT molecular complexity index is 1380. The molecule has 0 unspecified atom stereocenters. The van der Waals surface area contributed by atoms with Gasteiger partial charge >= 0.3 is 5.97 Å². The number of carbonyl (C=O) groups is 1. The van der Waals surface area contributed by atoms with Crippen LogP contribution in [0.15, 0.2) is 53.1 Å². The quantitative estimate of drug-likeness (QED) is 0.241. The van der Waals surface area contributed by atoms with Crippen molar-refractivity contribution in [2.75, 3.05) is 20.8 Å². The molecule has 168 valence electrons. The van der Waals surface area contributed by atoms with E-state index < -0.39 is 5.97 Å². The standard InChI is InChI=1S/C27H25NO5/c1-30-25-13-21-20-12-17(33-27(29)24-6-4-10-32-24)7-8-18(20)19-11-16-5-3-9-28(16)15-23(19)22(21)14-26(25)31-2/h4,6-8,10,12-14,16H,3,5,9,11,15H2,1-2H3/t16-/m0/s1. The van der Waals surface area contributed by atoms with Crippen molar-refractivity contribution < 1.29 is 23.4 Å². The zero-order valence-electron chi connectivity index (χ0n) is 18.7. The Kier molecular flexibility index (Phi) is 4.76. The maximum absolute atomic E-state index is 12.5. The molecule has 1 atom stereocenters. The molecule has 3 aromatic carbocycles. The minimum Gasteiger partial charge on any atom is -0.493 e. The van der Waals surface area contributed by atoms with Gasteiger partial charge in [-0.05, 0) is 94.9 Å². The molecule has 2 aliphatic heterocycles. The fraction of sp³-hybridized carbons (Fsp3) is 0.296. The van der Waals surface area contributed by atoms with Crippen molar-refractivity contribution in [1.29, 1.82) is 0 Å². The molecule has 1 fully saturated rings.